The van der Waals surface area contributed by atoms with Gasteiger partial charge in [0.05, 0.1) is 11.1 Å². The summed E-state index contributed by atoms with van der Waals surface area (Å²) >= 11 is 0. The smallest absolute Gasteiger partial charge is 0.337 e. The number of anilines is 1. The number of aromatic carboxylic acids is 1. The average Bonchev–Trinajstić information content (AvgIpc) is 3.64. The summed E-state index contributed by atoms with van der Waals surface area (Å²) in [6.07, 6.45) is 4.26. The van der Waals surface area contributed by atoms with Crippen molar-refractivity contribution in [2.24, 2.45) is 0 Å². The molecule has 1 saturated carbocycles. The van der Waals surface area contributed by atoms with Gasteiger partial charge in [-0.25, -0.2) is 9.18 Å². The largest absolute Gasteiger partial charge is 0.478 e. The Morgan fingerprint density at radius 2 is 1.91 bits per heavy atom. The Morgan fingerprint density at radius 1 is 1.12 bits per heavy atom. The van der Waals surface area contributed by atoms with Gasteiger partial charge in [-0.15, -0.1) is 0 Å². The molecule has 1 fully saturated rings. The van der Waals surface area contributed by atoms with Gasteiger partial charge in [-0.2, -0.15) is 0 Å². The summed E-state index contributed by atoms with van der Waals surface area (Å²) in [5.74, 6) is -1.19. The third-order valence-electron chi connectivity index (χ3n) is 6.44. The number of nitrogens with zero attached hydrogens (tertiary/aromatic N) is 2. The third-order valence-corrected chi connectivity index (χ3v) is 6.44. The maximum absolute atomic E-state index is 13.7. The predicted molar refractivity (Wildman–Crippen MR) is 132 cm³/mol. The first-order valence-corrected chi connectivity index (χ1v) is 11.5. The molecule has 34 heavy (non-hydrogen) atoms. The van der Waals surface area contributed by atoms with Crippen molar-refractivity contribution in [2.75, 3.05) is 5.32 Å². The first-order valence-electron chi connectivity index (χ1n) is 11.5. The van der Waals surface area contributed by atoms with Crippen molar-refractivity contribution in [3.8, 4) is 11.1 Å². The van der Waals surface area contributed by atoms with Gasteiger partial charge in [-0.3, -0.25) is 9.97 Å². The fourth-order valence-corrected chi connectivity index (χ4v) is 4.54. The second kappa shape index (κ2) is 8.52. The number of hydrogen-bond donors (Lipinski definition) is 2. The number of pyridine rings is 2. The molecular formula is C28H26FN3O2. The van der Waals surface area contributed by atoms with E-state index in [4.69, 9.17) is 4.98 Å². The van der Waals surface area contributed by atoms with Gasteiger partial charge in [-0.05, 0) is 92.8 Å². The molecule has 4 aromatic rings. The molecule has 1 atom stereocenters. The minimum atomic E-state index is -1.17. The molecule has 1 aliphatic carbocycles. The van der Waals surface area contributed by atoms with Crippen molar-refractivity contribution in [1.29, 1.82) is 0 Å². The van der Waals surface area contributed by atoms with Gasteiger partial charge in [0, 0.05) is 46.2 Å². The van der Waals surface area contributed by atoms with Crippen LogP contribution in [0.5, 0.6) is 0 Å². The van der Waals surface area contributed by atoms with Crippen molar-refractivity contribution in [1.82, 2.24) is 9.97 Å². The standard InChI is InChI=1S/C28H26FN3O2/c1-15-10-22(17(3)31-25-7-6-20(29)13-24(25)28(33)34)23-14-21(16(2)32-27(23)11-15)19-8-9-30-26(12-19)18-4-5-18/h6-14,17-18,31H,4-5H2,1-3H3,(H,33,34)/t17-/m1/s1. The van der Waals surface area contributed by atoms with E-state index < -0.39 is 11.8 Å². The number of benzene rings is 2. The van der Waals surface area contributed by atoms with Crippen LogP contribution in [0.4, 0.5) is 10.1 Å². The lowest BCUT2D eigenvalue weighted by Crippen LogP contribution is -2.12. The van der Waals surface area contributed by atoms with Gasteiger partial charge < -0.3 is 10.4 Å². The first-order chi connectivity index (χ1) is 16.3. The van der Waals surface area contributed by atoms with Crippen LogP contribution in [0.3, 0.4) is 0 Å². The molecule has 0 saturated heterocycles. The van der Waals surface area contributed by atoms with Crippen LogP contribution in [0, 0.1) is 19.7 Å². The minimum absolute atomic E-state index is 0.0946. The Morgan fingerprint density at radius 3 is 2.65 bits per heavy atom. The molecule has 0 aliphatic heterocycles. The number of fused-ring (bicyclic) bond motifs is 1. The third kappa shape index (κ3) is 4.23. The van der Waals surface area contributed by atoms with E-state index in [1.807, 2.05) is 33.0 Å². The summed E-state index contributed by atoms with van der Waals surface area (Å²) in [4.78, 5) is 21.1. The second-order valence-corrected chi connectivity index (χ2v) is 9.15. The van der Waals surface area contributed by atoms with E-state index in [2.05, 4.69) is 34.6 Å². The van der Waals surface area contributed by atoms with Crippen LogP contribution in [0.2, 0.25) is 0 Å². The van der Waals surface area contributed by atoms with Crippen LogP contribution in [0.15, 0.2) is 54.7 Å². The van der Waals surface area contributed by atoms with E-state index in [0.717, 1.165) is 50.6 Å². The Kier molecular flexibility index (Phi) is 5.52. The molecule has 5 nitrogen and oxygen atoms in total. The highest BCUT2D eigenvalue weighted by Crippen LogP contribution is 2.40. The summed E-state index contributed by atoms with van der Waals surface area (Å²) in [7, 11) is 0. The fraction of sp³-hybridized carbons (Fsp3) is 0.250. The Hall–Kier alpha value is -3.80. The quantitative estimate of drug-likeness (QED) is 0.334. The molecule has 2 heterocycles. The number of aryl methyl sites for hydroxylation is 2. The van der Waals surface area contributed by atoms with Crippen LogP contribution >= 0.6 is 0 Å². The predicted octanol–water partition coefficient (Wildman–Crippen LogP) is 6.80. The van der Waals surface area contributed by atoms with Crippen molar-refractivity contribution in [2.45, 2.75) is 45.6 Å². The number of nitrogens with one attached hydrogen (secondary N) is 1. The Balaban J connectivity index is 1.59. The zero-order valence-corrected chi connectivity index (χ0v) is 19.4. The van der Waals surface area contributed by atoms with Gasteiger partial charge in [0.15, 0.2) is 0 Å². The molecular weight excluding hydrogens is 429 g/mol. The lowest BCUT2D eigenvalue weighted by Gasteiger charge is -2.21. The number of halogens is 1. The molecule has 0 radical (unpaired) electrons. The van der Waals surface area contributed by atoms with Crippen LogP contribution in [-0.2, 0) is 0 Å². The zero-order chi connectivity index (χ0) is 24.0. The van der Waals surface area contributed by atoms with E-state index in [0.29, 0.717) is 11.6 Å². The molecule has 2 aromatic heterocycles. The van der Waals surface area contributed by atoms with Crippen LogP contribution in [0.1, 0.15) is 64.6 Å². The van der Waals surface area contributed by atoms with Crippen LogP contribution < -0.4 is 5.32 Å². The van der Waals surface area contributed by atoms with Gasteiger partial charge in [-0.1, -0.05) is 6.07 Å². The highest BCUT2D eigenvalue weighted by molar-refractivity contribution is 5.94. The average molecular weight is 456 g/mol. The molecule has 0 amide bonds. The summed E-state index contributed by atoms with van der Waals surface area (Å²) in [6, 6.07) is 14.0. The lowest BCUT2D eigenvalue weighted by atomic mass is 9.95. The summed E-state index contributed by atoms with van der Waals surface area (Å²) in [6.45, 7) is 6.01. The monoisotopic (exact) mass is 455 g/mol. The molecule has 2 aromatic carbocycles. The maximum Gasteiger partial charge on any atom is 0.337 e. The molecule has 6 heteroatoms. The van der Waals surface area contributed by atoms with Gasteiger partial charge >= 0.3 is 5.97 Å². The number of carboxylic acid groups (broad SMARTS) is 1. The molecule has 2 N–H and O–H groups in total. The molecule has 1 aliphatic rings. The number of rotatable bonds is 6. The SMILES string of the molecule is Cc1cc([C@@H](C)Nc2ccc(F)cc2C(=O)O)c2cc(-c3ccnc(C4CC4)c3)c(C)nc2c1. The zero-order valence-electron chi connectivity index (χ0n) is 19.4. The number of carbonyl (C=O) groups is 1. The minimum Gasteiger partial charge on any atom is -0.478 e. The summed E-state index contributed by atoms with van der Waals surface area (Å²) < 4.78 is 13.7. The van der Waals surface area contributed by atoms with Crippen molar-refractivity contribution in [3.05, 3.63) is 88.6 Å². The van der Waals surface area contributed by atoms with Crippen molar-refractivity contribution in [3.63, 3.8) is 0 Å². The highest BCUT2D eigenvalue weighted by Gasteiger charge is 2.25. The van der Waals surface area contributed by atoms with E-state index in [1.54, 1.807) is 0 Å². The van der Waals surface area contributed by atoms with Crippen molar-refractivity contribution < 1.29 is 14.3 Å². The number of aromatic nitrogens is 2. The van der Waals surface area contributed by atoms with E-state index >= 15 is 0 Å². The topological polar surface area (TPSA) is 75.1 Å². The highest BCUT2D eigenvalue weighted by atomic mass is 19.1. The van der Waals surface area contributed by atoms with E-state index in [1.165, 1.54) is 25.0 Å². The number of hydrogen-bond acceptors (Lipinski definition) is 4. The Labute approximate surface area is 197 Å². The van der Waals surface area contributed by atoms with Gasteiger partial charge in [0.25, 0.3) is 0 Å². The van der Waals surface area contributed by atoms with Gasteiger partial charge in [0.1, 0.15) is 5.82 Å². The first kappa shape index (κ1) is 22.0. The van der Waals surface area contributed by atoms with Crippen molar-refractivity contribution >= 4 is 22.6 Å². The van der Waals surface area contributed by atoms with E-state index in [-0.39, 0.29) is 11.6 Å². The van der Waals surface area contributed by atoms with Gasteiger partial charge in [0.2, 0.25) is 0 Å². The fourth-order valence-electron chi connectivity index (χ4n) is 4.54. The molecule has 172 valence electrons. The van der Waals surface area contributed by atoms with Crippen LogP contribution in [-0.4, -0.2) is 21.0 Å². The Bertz CT molecular complexity index is 1430. The summed E-state index contributed by atoms with van der Waals surface area (Å²) in [5, 5.41) is 13.8. The number of carboxylic acids is 1. The molecule has 0 bridgehead atoms. The molecule has 0 spiro atoms. The normalized spacial score (nSPS) is 14.2. The van der Waals surface area contributed by atoms with Crippen LogP contribution in [0.25, 0.3) is 22.0 Å². The summed E-state index contributed by atoms with van der Waals surface area (Å²) in [5.41, 5.74) is 7.47. The lowest BCUT2D eigenvalue weighted by molar-refractivity contribution is 0.0697. The maximum atomic E-state index is 13.7. The second-order valence-electron chi connectivity index (χ2n) is 9.15. The molecule has 5 rings (SSSR count). The molecule has 0 unspecified atom stereocenters. The van der Waals surface area contributed by atoms with E-state index in [9.17, 15) is 14.3 Å².